The van der Waals surface area contributed by atoms with Crippen molar-refractivity contribution in [1.82, 2.24) is 24.9 Å². The number of urea groups is 1. The summed E-state index contributed by atoms with van der Waals surface area (Å²) in [7, 11) is 5.46. The molecule has 0 aliphatic carbocycles. The summed E-state index contributed by atoms with van der Waals surface area (Å²) in [4.78, 5) is 15.8. The average molecular weight is 307 g/mol. The molecule has 7 nitrogen and oxygen atoms in total. The lowest BCUT2D eigenvalue weighted by Crippen LogP contribution is -2.45. The lowest BCUT2D eigenvalue weighted by molar-refractivity contribution is 0.125. The number of likely N-dealkylation sites (tertiary alicyclic amines) is 1. The van der Waals surface area contributed by atoms with Gasteiger partial charge in [-0.15, -0.1) is 0 Å². The van der Waals surface area contributed by atoms with E-state index in [2.05, 4.69) is 21.5 Å². The molecule has 3 rings (SSSR count). The summed E-state index contributed by atoms with van der Waals surface area (Å²) in [5.41, 5.74) is 1.28. The van der Waals surface area contributed by atoms with Crippen LogP contribution in [0.2, 0.25) is 0 Å². The van der Waals surface area contributed by atoms with E-state index in [0.29, 0.717) is 12.5 Å². The van der Waals surface area contributed by atoms with Crippen LogP contribution in [0, 0.1) is 11.3 Å². The Morgan fingerprint density at radius 2 is 2.41 bits per heavy atom. The zero-order chi connectivity index (χ0) is 15.7. The van der Waals surface area contributed by atoms with Crippen molar-refractivity contribution >= 4 is 6.03 Å². The minimum atomic E-state index is -0.0364. The molecule has 7 heteroatoms. The summed E-state index contributed by atoms with van der Waals surface area (Å²) in [5.74, 6) is 0.492. The van der Waals surface area contributed by atoms with Gasteiger partial charge >= 0.3 is 6.03 Å². The third-order valence-corrected chi connectivity index (χ3v) is 4.75. The van der Waals surface area contributed by atoms with Crippen molar-refractivity contribution in [2.45, 2.75) is 6.54 Å². The van der Waals surface area contributed by atoms with E-state index in [-0.39, 0.29) is 11.4 Å². The summed E-state index contributed by atoms with van der Waals surface area (Å²) >= 11 is 0. The molecule has 0 aromatic carbocycles. The van der Waals surface area contributed by atoms with Crippen LogP contribution < -0.4 is 5.32 Å². The van der Waals surface area contributed by atoms with Crippen LogP contribution in [0.1, 0.15) is 5.56 Å². The largest absolute Gasteiger partial charge is 0.380 e. The molecule has 2 aliphatic rings. The van der Waals surface area contributed by atoms with Crippen LogP contribution in [0.4, 0.5) is 4.79 Å². The molecule has 1 N–H and O–H groups in total. The van der Waals surface area contributed by atoms with Crippen LogP contribution in [-0.2, 0) is 18.3 Å². The number of nitrogens with zero attached hydrogens (tertiary/aromatic N) is 4. The predicted molar refractivity (Wildman–Crippen MR) is 82.3 cm³/mol. The molecular formula is C15H25N5O2. The molecule has 0 bridgehead atoms. The summed E-state index contributed by atoms with van der Waals surface area (Å²) in [6.45, 7) is 5.09. The zero-order valence-corrected chi connectivity index (χ0v) is 13.6. The number of rotatable bonds is 4. The maximum Gasteiger partial charge on any atom is 0.316 e. The van der Waals surface area contributed by atoms with E-state index in [0.717, 1.165) is 32.8 Å². The molecular weight excluding hydrogens is 282 g/mol. The van der Waals surface area contributed by atoms with Gasteiger partial charge in [0.25, 0.3) is 0 Å². The highest BCUT2D eigenvalue weighted by Gasteiger charge is 2.50. The first-order valence-corrected chi connectivity index (χ1v) is 7.71. The number of fused-ring (bicyclic) bond motifs is 1. The van der Waals surface area contributed by atoms with E-state index in [1.165, 1.54) is 5.56 Å². The molecule has 22 heavy (non-hydrogen) atoms. The summed E-state index contributed by atoms with van der Waals surface area (Å²) < 4.78 is 7.54. The van der Waals surface area contributed by atoms with Crippen molar-refractivity contribution in [1.29, 1.82) is 0 Å². The van der Waals surface area contributed by atoms with Crippen LogP contribution in [0.5, 0.6) is 0 Å². The van der Waals surface area contributed by atoms with Crippen LogP contribution in [0.25, 0.3) is 0 Å². The topological polar surface area (TPSA) is 62.6 Å². The molecule has 0 unspecified atom stereocenters. The summed E-state index contributed by atoms with van der Waals surface area (Å²) in [5, 5.41) is 7.27. The Kier molecular flexibility index (Phi) is 4.10. The molecule has 2 fully saturated rings. The highest BCUT2D eigenvalue weighted by Crippen LogP contribution is 2.41. The van der Waals surface area contributed by atoms with E-state index in [1.807, 2.05) is 17.9 Å². The molecule has 2 atom stereocenters. The van der Waals surface area contributed by atoms with Gasteiger partial charge in [-0.2, -0.15) is 5.10 Å². The van der Waals surface area contributed by atoms with Crippen LogP contribution in [0.15, 0.2) is 12.4 Å². The Morgan fingerprint density at radius 1 is 1.59 bits per heavy atom. The number of aryl methyl sites for hydroxylation is 1. The van der Waals surface area contributed by atoms with E-state index < -0.39 is 0 Å². The maximum absolute atomic E-state index is 11.8. The van der Waals surface area contributed by atoms with Gasteiger partial charge in [0.2, 0.25) is 0 Å². The van der Waals surface area contributed by atoms with Gasteiger partial charge in [-0.25, -0.2) is 4.79 Å². The monoisotopic (exact) mass is 307 g/mol. The van der Waals surface area contributed by atoms with Gasteiger partial charge in [0.1, 0.15) is 0 Å². The fraction of sp³-hybridized carbons (Fsp3) is 0.733. The molecule has 1 aromatic rings. The number of aromatic nitrogens is 2. The Balaban J connectivity index is 1.62. The highest BCUT2D eigenvalue weighted by molar-refractivity contribution is 5.73. The number of ether oxygens (including phenoxy) is 1. The molecule has 3 heterocycles. The molecule has 2 amide bonds. The third kappa shape index (κ3) is 2.96. The Labute approximate surface area is 131 Å². The Hall–Kier alpha value is -1.60. The fourth-order valence-corrected chi connectivity index (χ4v) is 3.53. The lowest BCUT2D eigenvalue weighted by Gasteiger charge is -2.28. The second-order valence-electron chi connectivity index (χ2n) is 6.82. The van der Waals surface area contributed by atoms with Crippen LogP contribution in [0.3, 0.4) is 0 Å². The van der Waals surface area contributed by atoms with E-state index in [9.17, 15) is 4.79 Å². The van der Waals surface area contributed by atoms with Gasteiger partial charge < -0.3 is 15.0 Å². The third-order valence-electron chi connectivity index (χ3n) is 4.75. The molecule has 122 valence electrons. The standard InChI is InChI=1S/C15H25N5O2/c1-18(2)14(21)16-9-15-10-20(7-13(15)8-22-11-15)6-12-4-17-19(3)5-12/h4-5,13H,6-11H2,1-3H3,(H,16,21)/t13-,15+/m1/s1. The van der Waals surface area contributed by atoms with Crippen molar-refractivity contribution in [2.75, 3.05) is 46.9 Å². The number of nitrogens with one attached hydrogen (secondary N) is 1. The number of carbonyl (C=O) groups is 1. The number of carbonyl (C=O) groups excluding carboxylic acids is 1. The van der Waals surface area contributed by atoms with Gasteiger partial charge in [-0.3, -0.25) is 9.58 Å². The highest BCUT2D eigenvalue weighted by atomic mass is 16.5. The number of amides is 2. The first-order valence-electron chi connectivity index (χ1n) is 7.71. The van der Waals surface area contributed by atoms with Crippen LogP contribution in [-0.4, -0.2) is 72.6 Å². The minimum Gasteiger partial charge on any atom is -0.380 e. The molecule has 2 aliphatic heterocycles. The average Bonchev–Trinajstić information content (AvgIpc) is 3.10. The molecule has 0 saturated carbocycles. The van der Waals surface area contributed by atoms with Gasteiger partial charge in [0.15, 0.2) is 0 Å². The van der Waals surface area contributed by atoms with Gasteiger partial charge in [0.05, 0.1) is 19.4 Å². The van der Waals surface area contributed by atoms with Crippen molar-refractivity contribution < 1.29 is 9.53 Å². The van der Waals surface area contributed by atoms with Gasteiger partial charge in [-0.1, -0.05) is 0 Å². The van der Waals surface area contributed by atoms with Gasteiger partial charge in [-0.05, 0) is 0 Å². The quantitative estimate of drug-likeness (QED) is 0.859. The second kappa shape index (κ2) is 5.89. The normalized spacial score (nSPS) is 27.9. The van der Waals surface area contributed by atoms with Crippen molar-refractivity contribution in [3.8, 4) is 0 Å². The number of hydrogen-bond donors (Lipinski definition) is 1. The van der Waals surface area contributed by atoms with E-state index in [4.69, 9.17) is 4.74 Å². The van der Waals surface area contributed by atoms with E-state index >= 15 is 0 Å². The van der Waals surface area contributed by atoms with Crippen molar-refractivity contribution in [3.63, 3.8) is 0 Å². The lowest BCUT2D eigenvalue weighted by atomic mass is 9.81. The minimum absolute atomic E-state index is 0.0364. The van der Waals surface area contributed by atoms with Crippen LogP contribution >= 0.6 is 0 Å². The maximum atomic E-state index is 11.8. The molecule has 1 aromatic heterocycles. The summed E-state index contributed by atoms with van der Waals surface area (Å²) in [6, 6.07) is -0.0364. The number of hydrogen-bond acceptors (Lipinski definition) is 4. The first kappa shape index (κ1) is 15.3. The fourth-order valence-electron chi connectivity index (χ4n) is 3.53. The van der Waals surface area contributed by atoms with Gasteiger partial charge in [0, 0.05) is 70.4 Å². The molecule has 0 spiro atoms. The molecule has 0 radical (unpaired) electrons. The zero-order valence-electron chi connectivity index (χ0n) is 13.6. The Bertz CT molecular complexity index is 544. The SMILES string of the molecule is CN(C)C(=O)NC[C@]12COC[C@H]1CN(Cc1cnn(C)c1)C2. The summed E-state index contributed by atoms with van der Waals surface area (Å²) in [6.07, 6.45) is 3.98. The first-order chi connectivity index (χ1) is 10.5. The predicted octanol–water partition coefficient (Wildman–Crippen LogP) is 0.140. The van der Waals surface area contributed by atoms with Crippen molar-refractivity contribution in [2.24, 2.45) is 18.4 Å². The molecule has 2 saturated heterocycles. The Morgan fingerprint density at radius 3 is 3.09 bits per heavy atom. The smallest absolute Gasteiger partial charge is 0.316 e. The van der Waals surface area contributed by atoms with Crippen molar-refractivity contribution in [3.05, 3.63) is 18.0 Å². The van der Waals surface area contributed by atoms with E-state index in [1.54, 1.807) is 19.0 Å². The second-order valence-corrected chi connectivity index (χ2v) is 6.82.